The topological polar surface area (TPSA) is 32.3 Å². The van der Waals surface area contributed by atoms with Crippen molar-refractivity contribution in [1.82, 2.24) is 10.2 Å². The van der Waals surface area contributed by atoms with Gasteiger partial charge in [0.1, 0.15) is 0 Å². The number of urea groups is 1. The molecule has 1 atom stereocenters. The molecule has 0 bridgehead atoms. The van der Waals surface area contributed by atoms with Crippen LogP contribution in [-0.2, 0) is 0 Å². The third-order valence-corrected chi connectivity index (χ3v) is 1.27. The molecule has 1 heterocycles. The molecule has 2 amide bonds. The van der Waals surface area contributed by atoms with Crippen molar-refractivity contribution in [1.29, 1.82) is 0 Å². The summed E-state index contributed by atoms with van der Waals surface area (Å²) in [5, 5.41) is 2.73. The molecule has 1 aliphatic rings. The van der Waals surface area contributed by atoms with Gasteiger partial charge < -0.3 is 10.2 Å². The van der Waals surface area contributed by atoms with Gasteiger partial charge in [0.05, 0.1) is 0 Å². The first-order chi connectivity index (χ1) is 4.20. The summed E-state index contributed by atoms with van der Waals surface area (Å²) in [7, 11) is 1.72. The quantitative estimate of drug-likeness (QED) is 0.505. The van der Waals surface area contributed by atoms with E-state index in [1.165, 1.54) is 4.90 Å². The molecule has 50 valence electrons. The SMILES string of the molecule is CC1C=CN(C)C(=O)N1. The molecule has 0 aliphatic carbocycles. The molecule has 3 heteroatoms. The maximum absolute atomic E-state index is 10.8. The Bertz CT molecular complexity index is 153. The molecule has 1 unspecified atom stereocenters. The van der Waals surface area contributed by atoms with Crippen LogP contribution in [-0.4, -0.2) is 24.0 Å². The highest BCUT2D eigenvalue weighted by molar-refractivity contribution is 5.76. The lowest BCUT2D eigenvalue weighted by atomic mass is 10.3. The Labute approximate surface area is 54.3 Å². The summed E-state index contributed by atoms with van der Waals surface area (Å²) in [6.07, 6.45) is 3.70. The van der Waals surface area contributed by atoms with Crippen molar-refractivity contribution in [2.24, 2.45) is 0 Å². The van der Waals surface area contributed by atoms with Gasteiger partial charge in [0, 0.05) is 19.3 Å². The summed E-state index contributed by atoms with van der Waals surface area (Å²) < 4.78 is 0. The van der Waals surface area contributed by atoms with Crippen LogP contribution in [0.2, 0.25) is 0 Å². The molecule has 0 radical (unpaired) electrons. The third-order valence-electron chi connectivity index (χ3n) is 1.27. The number of nitrogens with zero attached hydrogens (tertiary/aromatic N) is 1. The molecule has 1 rings (SSSR count). The second kappa shape index (κ2) is 2.09. The lowest BCUT2D eigenvalue weighted by Crippen LogP contribution is -2.42. The molecular weight excluding hydrogens is 116 g/mol. The predicted octanol–water partition coefficient (Wildman–Crippen LogP) is 0.544. The fourth-order valence-electron chi connectivity index (χ4n) is 0.671. The molecule has 0 saturated carbocycles. The van der Waals surface area contributed by atoms with Gasteiger partial charge in [-0.15, -0.1) is 0 Å². The number of amides is 2. The average molecular weight is 126 g/mol. The Morgan fingerprint density at radius 2 is 2.44 bits per heavy atom. The highest BCUT2D eigenvalue weighted by Crippen LogP contribution is 1.97. The van der Waals surface area contributed by atoms with E-state index in [0.29, 0.717) is 0 Å². The van der Waals surface area contributed by atoms with Crippen molar-refractivity contribution in [3.05, 3.63) is 12.3 Å². The first-order valence-corrected chi connectivity index (χ1v) is 2.92. The number of rotatable bonds is 0. The molecule has 0 saturated heterocycles. The van der Waals surface area contributed by atoms with E-state index in [1.807, 2.05) is 13.0 Å². The lowest BCUT2D eigenvalue weighted by molar-refractivity contribution is 0.217. The molecule has 0 spiro atoms. The van der Waals surface area contributed by atoms with Crippen molar-refractivity contribution in [2.45, 2.75) is 13.0 Å². The normalized spacial score (nSPS) is 26.2. The Morgan fingerprint density at radius 1 is 1.78 bits per heavy atom. The van der Waals surface area contributed by atoms with Gasteiger partial charge in [-0.1, -0.05) is 0 Å². The van der Waals surface area contributed by atoms with Crippen LogP contribution in [0.15, 0.2) is 12.3 Å². The molecule has 0 fully saturated rings. The highest BCUT2D eigenvalue weighted by Gasteiger charge is 2.11. The van der Waals surface area contributed by atoms with Crippen LogP contribution in [0.1, 0.15) is 6.92 Å². The number of carbonyl (C=O) groups excluding carboxylic acids is 1. The number of nitrogens with one attached hydrogen (secondary N) is 1. The van der Waals surface area contributed by atoms with Crippen LogP contribution in [0.3, 0.4) is 0 Å². The lowest BCUT2D eigenvalue weighted by Gasteiger charge is -2.21. The summed E-state index contributed by atoms with van der Waals surface area (Å²) >= 11 is 0. The first kappa shape index (κ1) is 6.13. The van der Waals surface area contributed by atoms with Crippen LogP contribution in [0.25, 0.3) is 0 Å². The van der Waals surface area contributed by atoms with Gasteiger partial charge in [0.15, 0.2) is 0 Å². The maximum Gasteiger partial charge on any atom is 0.321 e. The number of hydrogen-bond donors (Lipinski definition) is 1. The van der Waals surface area contributed by atoms with Crippen molar-refractivity contribution in [3.63, 3.8) is 0 Å². The molecule has 1 aliphatic heterocycles. The molecule has 0 aromatic rings. The zero-order valence-electron chi connectivity index (χ0n) is 5.59. The van der Waals surface area contributed by atoms with Crippen LogP contribution >= 0.6 is 0 Å². The summed E-state index contributed by atoms with van der Waals surface area (Å²) in [6, 6.07) is 0.138. The molecule has 3 nitrogen and oxygen atoms in total. The van der Waals surface area contributed by atoms with Crippen molar-refractivity contribution in [3.8, 4) is 0 Å². The highest BCUT2D eigenvalue weighted by atomic mass is 16.2. The minimum atomic E-state index is -0.0370. The monoisotopic (exact) mass is 126 g/mol. The largest absolute Gasteiger partial charge is 0.332 e. The Hall–Kier alpha value is -0.990. The summed E-state index contributed by atoms with van der Waals surface area (Å²) in [4.78, 5) is 12.3. The minimum absolute atomic E-state index is 0.0370. The molecule has 1 N–H and O–H groups in total. The van der Waals surface area contributed by atoms with E-state index >= 15 is 0 Å². The summed E-state index contributed by atoms with van der Waals surface area (Å²) in [5.74, 6) is 0. The van der Waals surface area contributed by atoms with Crippen LogP contribution in [0, 0.1) is 0 Å². The van der Waals surface area contributed by atoms with Crippen molar-refractivity contribution in [2.75, 3.05) is 7.05 Å². The van der Waals surface area contributed by atoms with Gasteiger partial charge in [0.25, 0.3) is 0 Å². The van der Waals surface area contributed by atoms with Crippen molar-refractivity contribution >= 4 is 6.03 Å². The van der Waals surface area contributed by atoms with E-state index in [4.69, 9.17) is 0 Å². The molecule has 0 aromatic heterocycles. The molecular formula is C6H10N2O. The first-order valence-electron chi connectivity index (χ1n) is 2.92. The minimum Gasteiger partial charge on any atom is -0.332 e. The Kier molecular flexibility index (Phi) is 1.42. The van der Waals surface area contributed by atoms with Gasteiger partial charge >= 0.3 is 6.03 Å². The zero-order valence-corrected chi connectivity index (χ0v) is 5.59. The van der Waals surface area contributed by atoms with Crippen LogP contribution < -0.4 is 5.32 Å². The Morgan fingerprint density at radius 3 is 2.89 bits per heavy atom. The van der Waals surface area contributed by atoms with Gasteiger partial charge in [-0.2, -0.15) is 0 Å². The standard InChI is InChI=1S/C6H10N2O/c1-5-3-4-8(2)6(9)7-5/h3-5H,1-2H3,(H,7,9). The fourth-order valence-corrected chi connectivity index (χ4v) is 0.671. The van der Waals surface area contributed by atoms with E-state index in [2.05, 4.69) is 5.32 Å². The molecule has 9 heavy (non-hydrogen) atoms. The van der Waals surface area contributed by atoms with Gasteiger partial charge in [-0.25, -0.2) is 4.79 Å². The van der Waals surface area contributed by atoms with Gasteiger partial charge in [-0.05, 0) is 13.0 Å². The van der Waals surface area contributed by atoms with E-state index in [9.17, 15) is 4.79 Å². The summed E-state index contributed by atoms with van der Waals surface area (Å²) in [6.45, 7) is 1.93. The smallest absolute Gasteiger partial charge is 0.321 e. The van der Waals surface area contributed by atoms with Crippen molar-refractivity contribution < 1.29 is 4.79 Å². The molecule has 0 aromatic carbocycles. The third kappa shape index (κ3) is 1.22. The summed E-state index contributed by atoms with van der Waals surface area (Å²) in [5.41, 5.74) is 0. The van der Waals surface area contributed by atoms with Gasteiger partial charge in [-0.3, -0.25) is 0 Å². The number of hydrogen-bond acceptors (Lipinski definition) is 1. The van der Waals surface area contributed by atoms with Crippen LogP contribution in [0.5, 0.6) is 0 Å². The zero-order chi connectivity index (χ0) is 6.85. The average Bonchev–Trinajstić information content (AvgIpc) is 1.80. The second-order valence-electron chi connectivity index (χ2n) is 2.19. The fraction of sp³-hybridized carbons (Fsp3) is 0.500. The van der Waals surface area contributed by atoms with E-state index in [-0.39, 0.29) is 12.1 Å². The van der Waals surface area contributed by atoms with E-state index < -0.39 is 0 Å². The second-order valence-corrected chi connectivity index (χ2v) is 2.19. The van der Waals surface area contributed by atoms with E-state index in [0.717, 1.165) is 0 Å². The maximum atomic E-state index is 10.8. The predicted molar refractivity (Wildman–Crippen MR) is 34.9 cm³/mol. The van der Waals surface area contributed by atoms with Gasteiger partial charge in [0.2, 0.25) is 0 Å². The van der Waals surface area contributed by atoms with Crippen LogP contribution in [0.4, 0.5) is 4.79 Å². The van der Waals surface area contributed by atoms with E-state index in [1.54, 1.807) is 13.2 Å². The number of carbonyl (C=O) groups is 1. The Balaban J connectivity index is 2.65.